The number of hydrogen-bond acceptors (Lipinski definition) is 2. The number of para-hydroxylation sites is 2. The third kappa shape index (κ3) is 17.1. The highest BCUT2D eigenvalue weighted by Crippen LogP contribution is 2.17. The van der Waals surface area contributed by atoms with E-state index < -0.39 is 0 Å². The van der Waals surface area contributed by atoms with Gasteiger partial charge in [0, 0.05) is 6.42 Å². The van der Waals surface area contributed by atoms with E-state index in [-0.39, 0.29) is 0 Å². The van der Waals surface area contributed by atoms with Gasteiger partial charge in [-0.15, -0.1) is 0 Å². The molecule has 0 unspecified atom stereocenters. The van der Waals surface area contributed by atoms with Crippen molar-refractivity contribution in [2.24, 2.45) is 9.98 Å². The van der Waals surface area contributed by atoms with E-state index in [4.69, 9.17) is 9.98 Å². The summed E-state index contributed by atoms with van der Waals surface area (Å²) in [4.78, 5) is 9.96. The predicted molar refractivity (Wildman–Crippen MR) is 179 cm³/mol. The molecule has 218 valence electrons. The van der Waals surface area contributed by atoms with Crippen LogP contribution in [-0.2, 0) is 0 Å². The first kappa shape index (κ1) is 33.5. The van der Waals surface area contributed by atoms with Gasteiger partial charge in [-0.1, -0.05) is 159 Å². The summed E-state index contributed by atoms with van der Waals surface area (Å²) in [5.41, 5.74) is 3.74. The van der Waals surface area contributed by atoms with Crippen LogP contribution in [0.3, 0.4) is 0 Å². The molecule has 0 bridgehead atoms. The van der Waals surface area contributed by atoms with Crippen LogP contribution in [0.2, 0.25) is 0 Å². The SMILES string of the molecule is CCCCCCCCCCCCCCCCCC#CC(=Nc1ccccc1)C(CCCCC)=Nc1ccccc1. The zero-order chi connectivity index (χ0) is 28.4. The molecule has 0 atom stereocenters. The molecule has 0 fully saturated rings. The van der Waals surface area contributed by atoms with Crippen LogP contribution in [0, 0.1) is 11.8 Å². The molecule has 2 aromatic carbocycles. The van der Waals surface area contributed by atoms with Gasteiger partial charge in [-0.2, -0.15) is 0 Å². The van der Waals surface area contributed by atoms with E-state index in [0.29, 0.717) is 0 Å². The minimum atomic E-state index is 0.826. The van der Waals surface area contributed by atoms with Crippen LogP contribution in [0.5, 0.6) is 0 Å². The largest absolute Gasteiger partial charge is 0.251 e. The fraction of sp³-hybridized carbons (Fsp3) is 0.579. The third-order valence-electron chi connectivity index (χ3n) is 7.42. The van der Waals surface area contributed by atoms with E-state index in [1.165, 1.54) is 109 Å². The lowest BCUT2D eigenvalue weighted by atomic mass is 10.0. The predicted octanol–water partition coefficient (Wildman–Crippen LogP) is 12.4. The van der Waals surface area contributed by atoms with Gasteiger partial charge in [0.05, 0.1) is 17.1 Å². The molecule has 0 amide bonds. The van der Waals surface area contributed by atoms with Crippen molar-refractivity contribution in [3.8, 4) is 11.8 Å². The summed E-state index contributed by atoms with van der Waals surface area (Å²) in [6.45, 7) is 4.53. The van der Waals surface area contributed by atoms with Gasteiger partial charge in [0.1, 0.15) is 5.71 Å². The molecule has 0 aliphatic carbocycles. The van der Waals surface area contributed by atoms with Gasteiger partial charge in [-0.05, 0) is 49.4 Å². The maximum Gasteiger partial charge on any atom is 0.135 e. The topological polar surface area (TPSA) is 24.7 Å². The molecule has 0 spiro atoms. The highest BCUT2D eigenvalue weighted by molar-refractivity contribution is 6.49. The van der Waals surface area contributed by atoms with Crippen molar-refractivity contribution in [2.75, 3.05) is 0 Å². The van der Waals surface area contributed by atoms with Crippen molar-refractivity contribution >= 4 is 22.8 Å². The number of aliphatic imine (C=N–C) groups is 2. The number of unbranched alkanes of at least 4 members (excludes halogenated alkanes) is 17. The summed E-state index contributed by atoms with van der Waals surface area (Å²) in [5, 5.41) is 0. The molecule has 2 rings (SSSR count). The van der Waals surface area contributed by atoms with E-state index in [1.807, 2.05) is 48.5 Å². The molecule has 0 N–H and O–H groups in total. The molecule has 0 saturated carbocycles. The summed E-state index contributed by atoms with van der Waals surface area (Å²) >= 11 is 0. The Morgan fingerprint density at radius 3 is 1.43 bits per heavy atom. The van der Waals surface area contributed by atoms with Crippen LogP contribution in [0.1, 0.15) is 142 Å². The first-order valence-electron chi connectivity index (χ1n) is 16.6. The Hall–Kier alpha value is -2.66. The lowest BCUT2D eigenvalue weighted by Crippen LogP contribution is -2.12. The van der Waals surface area contributed by atoms with Crippen LogP contribution in [0.25, 0.3) is 0 Å². The standard InChI is InChI=1S/C38H56N2/c1-3-5-7-8-9-10-11-12-13-14-15-16-17-18-19-20-28-34-38(40-36-31-26-22-27-32-36)37(33-23-6-4-2)39-35-29-24-21-25-30-35/h21-22,24-27,29-32H,3-20,23,33H2,1-2H3. The smallest absolute Gasteiger partial charge is 0.135 e. The van der Waals surface area contributed by atoms with Gasteiger partial charge in [-0.25, -0.2) is 4.99 Å². The third-order valence-corrected chi connectivity index (χ3v) is 7.42. The molecule has 0 aromatic heterocycles. The minimum absolute atomic E-state index is 0.826. The van der Waals surface area contributed by atoms with Crippen LogP contribution in [-0.4, -0.2) is 11.4 Å². The first-order chi connectivity index (χ1) is 19.8. The molecular weight excluding hydrogens is 484 g/mol. The van der Waals surface area contributed by atoms with Crippen molar-refractivity contribution in [1.82, 2.24) is 0 Å². The molecule has 0 aliphatic heterocycles. The maximum absolute atomic E-state index is 5.01. The van der Waals surface area contributed by atoms with Crippen molar-refractivity contribution < 1.29 is 0 Å². The highest BCUT2D eigenvalue weighted by Gasteiger charge is 2.08. The average molecular weight is 541 g/mol. The van der Waals surface area contributed by atoms with Gasteiger partial charge in [0.15, 0.2) is 0 Å². The van der Waals surface area contributed by atoms with Crippen LogP contribution < -0.4 is 0 Å². The second-order valence-corrected chi connectivity index (χ2v) is 11.1. The van der Waals surface area contributed by atoms with Gasteiger partial charge in [0.25, 0.3) is 0 Å². The zero-order valence-electron chi connectivity index (χ0n) is 25.8. The molecule has 2 heteroatoms. The summed E-state index contributed by atoms with van der Waals surface area (Å²) in [6.07, 6.45) is 26.1. The first-order valence-corrected chi connectivity index (χ1v) is 16.6. The quantitative estimate of drug-likeness (QED) is 0.0806. The molecule has 0 radical (unpaired) electrons. The summed E-state index contributed by atoms with van der Waals surface area (Å²) in [6, 6.07) is 20.4. The Bertz CT molecular complexity index is 978. The Morgan fingerprint density at radius 2 is 0.925 bits per heavy atom. The van der Waals surface area contributed by atoms with E-state index in [2.05, 4.69) is 37.8 Å². The summed E-state index contributed by atoms with van der Waals surface area (Å²) in [7, 11) is 0. The molecule has 0 saturated heterocycles. The second kappa shape index (κ2) is 24.2. The van der Waals surface area contributed by atoms with Crippen LogP contribution >= 0.6 is 0 Å². The highest BCUT2D eigenvalue weighted by atomic mass is 14.8. The molecule has 2 nitrogen and oxygen atoms in total. The normalized spacial score (nSPS) is 11.8. The molecule has 2 aromatic rings. The monoisotopic (exact) mass is 540 g/mol. The Labute approximate surface area is 247 Å². The molecule has 40 heavy (non-hydrogen) atoms. The van der Waals surface area contributed by atoms with Gasteiger partial charge < -0.3 is 0 Å². The summed E-state index contributed by atoms with van der Waals surface area (Å²) < 4.78 is 0. The van der Waals surface area contributed by atoms with Crippen molar-refractivity contribution in [1.29, 1.82) is 0 Å². The van der Waals surface area contributed by atoms with E-state index in [9.17, 15) is 0 Å². The molecule has 0 aliphatic rings. The van der Waals surface area contributed by atoms with Crippen LogP contribution in [0.15, 0.2) is 70.6 Å². The fourth-order valence-electron chi connectivity index (χ4n) is 4.96. The molecule has 0 heterocycles. The van der Waals surface area contributed by atoms with E-state index in [1.54, 1.807) is 0 Å². The minimum Gasteiger partial charge on any atom is -0.251 e. The fourth-order valence-corrected chi connectivity index (χ4v) is 4.96. The van der Waals surface area contributed by atoms with E-state index >= 15 is 0 Å². The van der Waals surface area contributed by atoms with Crippen molar-refractivity contribution in [2.45, 2.75) is 142 Å². The lowest BCUT2D eigenvalue weighted by Gasteiger charge is -2.07. The molecular formula is C38H56N2. The number of hydrogen-bond donors (Lipinski definition) is 0. The average Bonchev–Trinajstić information content (AvgIpc) is 2.99. The Morgan fingerprint density at radius 1 is 0.500 bits per heavy atom. The van der Waals surface area contributed by atoms with Crippen LogP contribution in [0.4, 0.5) is 11.4 Å². The zero-order valence-corrected chi connectivity index (χ0v) is 25.8. The Kier molecular flexibility index (Phi) is 20.3. The number of benzene rings is 2. The second-order valence-electron chi connectivity index (χ2n) is 11.1. The van der Waals surface area contributed by atoms with E-state index in [0.717, 1.165) is 42.1 Å². The Balaban J connectivity index is 1.77. The lowest BCUT2D eigenvalue weighted by molar-refractivity contribution is 0.533. The van der Waals surface area contributed by atoms with Gasteiger partial charge >= 0.3 is 0 Å². The summed E-state index contributed by atoms with van der Waals surface area (Å²) in [5.74, 6) is 6.88. The van der Waals surface area contributed by atoms with Crippen molar-refractivity contribution in [3.05, 3.63) is 60.7 Å². The number of rotatable bonds is 22. The van der Waals surface area contributed by atoms with Gasteiger partial charge in [0.2, 0.25) is 0 Å². The maximum atomic E-state index is 5.01. The number of nitrogens with zero attached hydrogens (tertiary/aromatic N) is 2. The van der Waals surface area contributed by atoms with Crippen molar-refractivity contribution in [3.63, 3.8) is 0 Å². The van der Waals surface area contributed by atoms with Gasteiger partial charge in [-0.3, -0.25) is 4.99 Å².